The average molecular weight is 278 g/mol. The number of nitrogens with zero attached hydrogens (tertiary/aromatic N) is 2. The minimum absolute atomic E-state index is 0.638. The van der Waals surface area contributed by atoms with Crippen LogP contribution in [0, 0.1) is 6.92 Å². The third kappa shape index (κ3) is 2.94. The summed E-state index contributed by atoms with van der Waals surface area (Å²) in [7, 11) is 1.88. The van der Waals surface area contributed by atoms with Crippen molar-refractivity contribution in [3.05, 3.63) is 59.7 Å². The van der Waals surface area contributed by atoms with E-state index in [-0.39, 0.29) is 0 Å². The molecule has 0 radical (unpaired) electrons. The van der Waals surface area contributed by atoms with Gasteiger partial charge in [-0.1, -0.05) is 42.0 Å². The summed E-state index contributed by atoms with van der Waals surface area (Å²) < 4.78 is 0. The summed E-state index contributed by atoms with van der Waals surface area (Å²) in [4.78, 5) is 9.12. The normalized spacial score (nSPS) is 10.6. The smallest absolute Gasteiger partial charge is 0.225 e. The summed E-state index contributed by atoms with van der Waals surface area (Å²) in [6, 6.07) is 16.4. The molecule has 0 spiro atoms. The molecule has 4 nitrogen and oxygen atoms in total. The lowest BCUT2D eigenvalue weighted by molar-refractivity contribution is 1.07. The first-order valence-electron chi connectivity index (χ1n) is 7.00. The van der Waals surface area contributed by atoms with E-state index in [1.807, 2.05) is 31.3 Å². The highest BCUT2D eigenvalue weighted by atomic mass is 15.1. The third-order valence-electron chi connectivity index (χ3n) is 3.38. The number of aryl methyl sites for hydroxylation is 1. The van der Waals surface area contributed by atoms with Crippen molar-refractivity contribution in [2.24, 2.45) is 0 Å². The fourth-order valence-electron chi connectivity index (χ4n) is 2.29. The summed E-state index contributed by atoms with van der Waals surface area (Å²) in [5.74, 6) is 1.49. The Morgan fingerprint density at radius 2 is 1.81 bits per heavy atom. The summed E-state index contributed by atoms with van der Waals surface area (Å²) >= 11 is 0. The fraction of sp³-hybridized carbons (Fsp3) is 0.176. The lowest BCUT2D eigenvalue weighted by atomic mass is 10.1. The summed E-state index contributed by atoms with van der Waals surface area (Å²) in [6.45, 7) is 2.78. The quantitative estimate of drug-likeness (QED) is 0.765. The molecule has 2 N–H and O–H groups in total. The molecule has 1 heterocycles. The number of fused-ring (bicyclic) bond motifs is 1. The first kappa shape index (κ1) is 13.4. The van der Waals surface area contributed by atoms with Crippen LogP contribution >= 0.6 is 0 Å². The first-order chi connectivity index (χ1) is 10.3. The Bertz CT molecular complexity index is 753. The summed E-state index contributed by atoms with van der Waals surface area (Å²) in [5, 5.41) is 7.47. The van der Waals surface area contributed by atoms with Crippen LogP contribution in [-0.4, -0.2) is 17.0 Å². The molecule has 0 aliphatic heterocycles. The van der Waals surface area contributed by atoms with Gasteiger partial charge in [0.25, 0.3) is 0 Å². The van der Waals surface area contributed by atoms with Crippen molar-refractivity contribution in [1.29, 1.82) is 0 Å². The van der Waals surface area contributed by atoms with E-state index in [0.29, 0.717) is 12.5 Å². The number of hydrogen-bond acceptors (Lipinski definition) is 4. The maximum Gasteiger partial charge on any atom is 0.225 e. The molecule has 106 valence electrons. The molecule has 1 aromatic heterocycles. The molecule has 0 saturated carbocycles. The standard InChI is InChI=1S/C17H18N4/c1-12-8-9-15-14(10-12)16(18-2)21-17(20-15)19-11-13-6-4-3-5-7-13/h3-10H,11H2,1-2H3,(H2,18,19,20,21). The highest BCUT2D eigenvalue weighted by molar-refractivity contribution is 5.90. The molecule has 0 saturated heterocycles. The van der Waals surface area contributed by atoms with Gasteiger partial charge in [0, 0.05) is 19.0 Å². The molecule has 2 aromatic carbocycles. The molecule has 3 aromatic rings. The maximum atomic E-state index is 4.58. The molecule has 0 aliphatic carbocycles. The van der Waals surface area contributed by atoms with Crippen LogP contribution in [0.1, 0.15) is 11.1 Å². The van der Waals surface area contributed by atoms with E-state index in [4.69, 9.17) is 0 Å². The number of anilines is 2. The van der Waals surface area contributed by atoms with E-state index in [1.165, 1.54) is 11.1 Å². The molecule has 4 heteroatoms. The predicted molar refractivity (Wildman–Crippen MR) is 87.6 cm³/mol. The molecular weight excluding hydrogens is 260 g/mol. The molecule has 0 bridgehead atoms. The van der Waals surface area contributed by atoms with E-state index < -0.39 is 0 Å². The van der Waals surface area contributed by atoms with Gasteiger partial charge in [0.05, 0.1) is 5.52 Å². The largest absolute Gasteiger partial charge is 0.372 e. The van der Waals surface area contributed by atoms with Gasteiger partial charge < -0.3 is 10.6 Å². The molecule has 0 atom stereocenters. The number of aromatic nitrogens is 2. The highest BCUT2D eigenvalue weighted by Gasteiger charge is 2.06. The van der Waals surface area contributed by atoms with Crippen LogP contribution in [-0.2, 0) is 6.54 Å². The predicted octanol–water partition coefficient (Wildman–Crippen LogP) is 3.59. The van der Waals surface area contributed by atoms with Crippen molar-refractivity contribution in [2.45, 2.75) is 13.5 Å². The van der Waals surface area contributed by atoms with E-state index in [9.17, 15) is 0 Å². The van der Waals surface area contributed by atoms with Gasteiger partial charge in [-0.25, -0.2) is 4.98 Å². The maximum absolute atomic E-state index is 4.58. The monoisotopic (exact) mass is 278 g/mol. The van der Waals surface area contributed by atoms with Crippen molar-refractivity contribution in [3.8, 4) is 0 Å². The van der Waals surface area contributed by atoms with E-state index >= 15 is 0 Å². The first-order valence-corrected chi connectivity index (χ1v) is 7.00. The van der Waals surface area contributed by atoms with Crippen LogP contribution in [0.2, 0.25) is 0 Å². The fourth-order valence-corrected chi connectivity index (χ4v) is 2.29. The van der Waals surface area contributed by atoms with E-state index in [1.54, 1.807) is 0 Å². The van der Waals surface area contributed by atoms with Crippen molar-refractivity contribution >= 4 is 22.7 Å². The van der Waals surface area contributed by atoms with Crippen LogP contribution in [0.4, 0.5) is 11.8 Å². The molecule has 3 rings (SSSR count). The Hall–Kier alpha value is -2.62. The zero-order valence-corrected chi connectivity index (χ0v) is 12.2. The Labute approximate surface area is 124 Å². The summed E-state index contributed by atoms with van der Waals surface area (Å²) in [5.41, 5.74) is 3.35. The zero-order chi connectivity index (χ0) is 14.7. The van der Waals surface area contributed by atoms with Gasteiger partial charge >= 0.3 is 0 Å². The van der Waals surface area contributed by atoms with Gasteiger partial charge in [-0.05, 0) is 24.6 Å². The highest BCUT2D eigenvalue weighted by Crippen LogP contribution is 2.23. The van der Waals surface area contributed by atoms with Crippen LogP contribution in [0.3, 0.4) is 0 Å². The number of hydrogen-bond donors (Lipinski definition) is 2. The van der Waals surface area contributed by atoms with Crippen molar-refractivity contribution in [2.75, 3.05) is 17.7 Å². The van der Waals surface area contributed by atoms with Gasteiger partial charge in [0.2, 0.25) is 5.95 Å². The van der Waals surface area contributed by atoms with E-state index in [0.717, 1.165) is 16.7 Å². The SMILES string of the molecule is CNc1nc(NCc2ccccc2)nc2ccc(C)cc12. The van der Waals surface area contributed by atoms with E-state index in [2.05, 4.69) is 51.8 Å². The van der Waals surface area contributed by atoms with Crippen LogP contribution < -0.4 is 10.6 Å². The van der Waals surface area contributed by atoms with Crippen molar-refractivity contribution in [3.63, 3.8) is 0 Å². The number of rotatable bonds is 4. The van der Waals surface area contributed by atoms with Crippen molar-refractivity contribution in [1.82, 2.24) is 9.97 Å². The average Bonchev–Trinajstić information content (AvgIpc) is 2.53. The third-order valence-corrected chi connectivity index (χ3v) is 3.38. The second-order valence-corrected chi connectivity index (χ2v) is 5.01. The summed E-state index contributed by atoms with van der Waals surface area (Å²) in [6.07, 6.45) is 0. The molecule has 0 fully saturated rings. The second-order valence-electron chi connectivity index (χ2n) is 5.01. The Kier molecular flexibility index (Phi) is 3.69. The minimum Gasteiger partial charge on any atom is -0.372 e. The number of benzene rings is 2. The van der Waals surface area contributed by atoms with Gasteiger partial charge in [0.1, 0.15) is 5.82 Å². The number of nitrogens with one attached hydrogen (secondary N) is 2. The zero-order valence-electron chi connectivity index (χ0n) is 12.2. The Balaban J connectivity index is 1.91. The molecule has 0 amide bonds. The molecular formula is C17H18N4. The molecule has 0 unspecified atom stereocenters. The van der Waals surface area contributed by atoms with Gasteiger partial charge in [0.15, 0.2) is 0 Å². The second kappa shape index (κ2) is 5.79. The molecule has 21 heavy (non-hydrogen) atoms. The Morgan fingerprint density at radius 3 is 2.57 bits per heavy atom. The van der Waals surface area contributed by atoms with Gasteiger partial charge in [-0.15, -0.1) is 0 Å². The van der Waals surface area contributed by atoms with Crippen molar-refractivity contribution < 1.29 is 0 Å². The minimum atomic E-state index is 0.638. The Morgan fingerprint density at radius 1 is 1.00 bits per heavy atom. The lowest BCUT2D eigenvalue weighted by Crippen LogP contribution is -2.06. The van der Waals surface area contributed by atoms with Crippen LogP contribution in [0.25, 0.3) is 10.9 Å². The lowest BCUT2D eigenvalue weighted by Gasteiger charge is -2.10. The van der Waals surface area contributed by atoms with Gasteiger partial charge in [-0.3, -0.25) is 0 Å². The van der Waals surface area contributed by atoms with Gasteiger partial charge in [-0.2, -0.15) is 4.98 Å². The topological polar surface area (TPSA) is 49.8 Å². The van der Waals surface area contributed by atoms with Crippen LogP contribution in [0.5, 0.6) is 0 Å². The molecule has 0 aliphatic rings. The van der Waals surface area contributed by atoms with Crippen LogP contribution in [0.15, 0.2) is 48.5 Å².